The number of rotatable bonds is 6. The molecule has 0 bridgehead atoms. The van der Waals surface area contributed by atoms with Crippen LogP contribution < -0.4 is 10.6 Å². The van der Waals surface area contributed by atoms with Crippen LogP contribution in [0.3, 0.4) is 0 Å². The Labute approximate surface area is 167 Å². The molecule has 1 heterocycles. The van der Waals surface area contributed by atoms with Gasteiger partial charge < -0.3 is 15.2 Å². The lowest BCUT2D eigenvalue weighted by molar-refractivity contribution is 0.392. The quantitative estimate of drug-likeness (QED) is 0.394. The van der Waals surface area contributed by atoms with Crippen molar-refractivity contribution in [2.45, 2.75) is 46.1 Å². The minimum absolute atomic E-state index is 0. The van der Waals surface area contributed by atoms with Gasteiger partial charge in [-0.25, -0.2) is 0 Å². The van der Waals surface area contributed by atoms with E-state index in [1.54, 1.807) is 7.05 Å². The summed E-state index contributed by atoms with van der Waals surface area (Å²) in [6.07, 6.45) is 0.866. The van der Waals surface area contributed by atoms with Gasteiger partial charge in [-0.2, -0.15) is 0 Å². The Bertz CT molecular complexity index is 650. The van der Waals surface area contributed by atoms with E-state index in [0.29, 0.717) is 5.92 Å². The third kappa shape index (κ3) is 6.02. The van der Waals surface area contributed by atoms with Crippen LogP contribution in [0.4, 0.5) is 0 Å². The molecule has 0 saturated carbocycles. The van der Waals surface area contributed by atoms with Gasteiger partial charge in [0.25, 0.3) is 0 Å². The molecule has 0 radical (unpaired) electrons. The van der Waals surface area contributed by atoms with Crippen LogP contribution >= 0.6 is 24.0 Å². The molecule has 138 valence electrons. The highest BCUT2D eigenvalue weighted by Crippen LogP contribution is 2.18. The molecule has 0 fully saturated rings. The molecule has 1 aromatic carbocycles. The Morgan fingerprint density at radius 3 is 2.44 bits per heavy atom. The second-order valence-electron chi connectivity index (χ2n) is 6.18. The normalized spacial score (nSPS) is 13.7. The first-order chi connectivity index (χ1) is 11.5. The number of aromatic nitrogens is 1. The first-order valence-electron chi connectivity index (χ1n) is 8.46. The molecule has 2 atom stereocenters. The van der Waals surface area contributed by atoms with Crippen molar-refractivity contribution in [1.82, 2.24) is 15.8 Å². The molecular weight excluding hydrogens is 427 g/mol. The van der Waals surface area contributed by atoms with E-state index in [4.69, 9.17) is 4.52 Å². The number of hydrogen-bond acceptors (Lipinski definition) is 3. The van der Waals surface area contributed by atoms with Crippen molar-refractivity contribution in [3.63, 3.8) is 0 Å². The van der Waals surface area contributed by atoms with Crippen LogP contribution in [-0.4, -0.2) is 30.8 Å². The van der Waals surface area contributed by atoms with Crippen LogP contribution in [0, 0.1) is 13.8 Å². The number of aryl methyl sites for hydroxylation is 2. The Balaban J connectivity index is 0.00000312. The van der Waals surface area contributed by atoms with Crippen LogP contribution in [0.15, 0.2) is 39.8 Å². The summed E-state index contributed by atoms with van der Waals surface area (Å²) in [4.78, 5) is 4.32. The molecule has 2 aromatic rings. The fourth-order valence-electron chi connectivity index (χ4n) is 2.75. The largest absolute Gasteiger partial charge is 0.361 e. The zero-order valence-corrected chi connectivity index (χ0v) is 18.0. The summed E-state index contributed by atoms with van der Waals surface area (Å²) < 4.78 is 5.20. The number of guanidine groups is 1. The number of aliphatic imine (C=N–C) groups is 1. The van der Waals surface area contributed by atoms with E-state index in [9.17, 15) is 0 Å². The average Bonchev–Trinajstić information content (AvgIpc) is 2.92. The Morgan fingerprint density at radius 1 is 1.20 bits per heavy atom. The van der Waals surface area contributed by atoms with E-state index in [0.717, 1.165) is 30.4 Å². The summed E-state index contributed by atoms with van der Waals surface area (Å²) in [6, 6.07) is 10.8. The van der Waals surface area contributed by atoms with Gasteiger partial charge in [0.2, 0.25) is 0 Å². The van der Waals surface area contributed by atoms with Gasteiger partial charge in [-0.15, -0.1) is 24.0 Å². The Morgan fingerprint density at radius 2 is 1.88 bits per heavy atom. The fraction of sp³-hybridized carbons (Fsp3) is 0.474. The lowest BCUT2D eigenvalue weighted by Crippen LogP contribution is -2.44. The molecular formula is C19H29IN4O. The zero-order chi connectivity index (χ0) is 17.5. The molecule has 2 rings (SSSR count). The van der Waals surface area contributed by atoms with E-state index in [-0.39, 0.29) is 30.0 Å². The summed E-state index contributed by atoms with van der Waals surface area (Å²) in [6.45, 7) is 9.12. The maximum atomic E-state index is 5.20. The predicted octanol–water partition coefficient (Wildman–Crippen LogP) is 3.81. The van der Waals surface area contributed by atoms with Crippen LogP contribution in [0.1, 0.15) is 42.3 Å². The maximum Gasteiger partial charge on any atom is 0.191 e. The number of benzene rings is 1. The summed E-state index contributed by atoms with van der Waals surface area (Å²) in [5.41, 5.74) is 3.45. The second-order valence-corrected chi connectivity index (χ2v) is 6.18. The highest BCUT2D eigenvalue weighted by molar-refractivity contribution is 14.0. The smallest absolute Gasteiger partial charge is 0.191 e. The average molecular weight is 456 g/mol. The lowest BCUT2D eigenvalue weighted by Gasteiger charge is -2.24. The molecule has 0 aliphatic carbocycles. The third-order valence-electron chi connectivity index (χ3n) is 4.51. The predicted molar refractivity (Wildman–Crippen MR) is 114 cm³/mol. The molecule has 0 saturated heterocycles. The van der Waals surface area contributed by atoms with Gasteiger partial charge in [0.05, 0.1) is 5.69 Å². The van der Waals surface area contributed by atoms with Crippen LogP contribution in [-0.2, 0) is 6.42 Å². The molecule has 0 aliphatic heterocycles. The molecule has 25 heavy (non-hydrogen) atoms. The summed E-state index contributed by atoms with van der Waals surface area (Å²) >= 11 is 0. The monoisotopic (exact) mass is 456 g/mol. The SMILES string of the molecule is CN=C(NCCc1c(C)noc1C)NC(C)C(C)c1ccccc1.I. The van der Waals surface area contributed by atoms with Crippen molar-refractivity contribution in [2.75, 3.05) is 13.6 Å². The number of nitrogens with one attached hydrogen (secondary N) is 2. The molecule has 0 amide bonds. The molecule has 1 aromatic heterocycles. The molecule has 5 nitrogen and oxygen atoms in total. The van der Waals surface area contributed by atoms with Gasteiger partial charge in [-0.05, 0) is 32.8 Å². The summed E-state index contributed by atoms with van der Waals surface area (Å²) in [7, 11) is 1.80. The molecule has 0 aliphatic rings. The fourth-order valence-corrected chi connectivity index (χ4v) is 2.75. The molecule has 6 heteroatoms. The van der Waals surface area contributed by atoms with Crippen molar-refractivity contribution in [3.05, 3.63) is 52.9 Å². The second kappa shape index (κ2) is 10.4. The molecule has 2 unspecified atom stereocenters. The van der Waals surface area contributed by atoms with Crippen molar-refractivity contribution in [1.29, 1.82) is 0 Å². The lowest BCUT2D eigenvalue weighted by atomic mass is 9.94. The van der Waals surface area contributed by atoms with Crippen LogP contribution in [0.25, 0.3) is 0 Å². The number of nitrogens with zero attached hydrogens (tertiary/aromatic N) is 2. The third-order valence-corrected chi connectivity index (χ3v) is 4.51. The highest BCUT2D eigenvalue weighted by atomic mass is 127. The van der Waals surface area contributed by atoms with Gasteiger partial charge >= 0.3 is 0 Å². The summed E-state index contributed by atoms with van der Waals surface area (Å²) in [5.74, 6) is 2.10. The van der Waals surface area contributed by atoms with Gasteiger partial charge in [0, 0.05) is 31.1 Å². The van der Waals surface area contributed by atoms with E-state index in [2.05, 4.69) is 58.9 Å². The minimum Gasteiger partial charge on any atom is -0.361 e. The Kier molecular flexibility index (Phi) is 8.96. The van der Waals surface area contributed by atoms with Gasteiger partial charge in [0.15, 0.2) is 5.96 Å². The highest BCUT2D eigenvalue weighted by Gasteiger charge is 2.15. The van der Waals surface area contributed by atoms with Crippen molar-refractivity contribution >= 4 is 29.9 Å². The van der Waals surface area contributed by atoms with Crippen molar-refractivity contribution < 1.29 is 4.52 Å². The standard InChI is InChI=1S/C19H28N4O.HI/c1-13(17-9-7-6-8-10-17)14(2)22-19(20-5)21-12-11-18-15(3)23-24-16(18)4;/h6-10,13-14H,11-12H2,1-5H3,(H2,20,21,22);1H. The molecule has 2 N–H and O–H groups in total. The van der Waals surface area contributed by atoms with Gasteiger partial charge in [-0.3, -0.25) is 4.99 Å². The van der Waals surface area contributed by atoms with Gasteiger partial charge in [-0.1, -0.05) is 42.4 Å². The maximum absolute atomic E-state index is 5.20. The first-order valence-corrected chi connectivity index (χ1v) is 8.46. The number of halogens is 1. The van der Waals surface area contributed by atoms with Crippen LogP contribution in [0.5, 0.6) is 0 Å². The van der Waals surface area contributed by atoms with Crippen LogP contribution in [0.2, 0.25) is 0 Å². The van der Waals surface area contributed by atoms with E-state index in [1.165, 1.54) is 11.1 Å². The zero-order valence-electron chi connectivity index (χ0n) is 15.7. The molecule has 0 spiro atoms. The topological polar surface area (TPSA) is 62.5 Å². The number of hydrogen-bond donors (Lipinski definition) is 2. The van der Waals surface area contributed by atoms with E-state index >= 15 is 0 Å². The first kappa shape index (κ1) is 21.5. The van der Waals surface area contributed by atoms with Crippen molar-refractivity contribution in [2.24, 2.45) is 4.99 Å². The Hall–Kier alpha value is -1.57. The van der Waals surface area contributed by atoms with Gasteiger partial charge in [0.1, 0.15) is 5.76 Å². The van der Waals surface area contributed by atoms with Crippen molar-refractivity contribution in [3.8, 4) is 0 Å². The minimum atomic E-state index is 0. The summed E-state index contributed by atoms with van der Waals surface area (Å²) in [5, 5.41) is 10.8. The van der Waals surface area contributed by atoms with E-state index < -0.39 is 0 Å². The van der Waals surface area contributed by atoms with E-state index in [1.807, 2.05) is 19.9 Å².